The number of carbonyl (C=O) groups is 1. The fourth-order valence-electron chi connectivity index (χ4n) is 6.04. The van der Waals surface area contributed by atoms with Gasteiger partial charge in [0, 0.05) is 36.9 Å². The topological polar surface area (TPSA) is 50.2 Å². The summed E-state index contributed by atoms with van der Waals surface area (Å²) in [6.07, 6.45) is 1.87. The zero-order chi connectivity index (χ0) is 22.7. The van der Waals surface area contributed by atoms with E-state index in [9.17, 15) is 9.18 Å². The lowest BCUT2D eigenvalue weighted by Gasteiger charge is -2.25. The molecular formula is C27H25FN4O. The molecule has 0 radical (unpaired) electrons. The van der Waals surface area contributed by atoms with Crippen LogP contribution in [0.5, 0.6) is 0 Å². The van der Waals surface area contributed by atoms with Crippen LogP contribution in [0.15, 0.2) is 72.9 Å². The van der Waals surface area contributed by atoms with Crippen LogP contribution >= 0.6 is 0 Å². The zero-order valence-electron chi connectivity index (χ0n) is 18.6. The number of urea groups is 1. The highest BCUT2D eigenvalue weighted by Gasteiger charge is 2.70. The SMILES string of the molecule is CNC(=O)N1CC2C(c3ccccc3)C2(c2cc3cnn(-c4ccc(F)cc4)c3cc2C)C1. The summed E-state index contributed by atoms with van der Waals surface area (Å²) < 4.78 is 15.3. The van der Waals surface area contributed by atoms with E-state index in [4.69, 9.17) is 0 Å². The van der Waals surface area contributed by atoms with Crippen molar-refractivity contribution in [1.29, 1.82) is 0 Å². The number of rotatable bonds is 3. The molecule has 2 heterocycles. The zero-order valence-corrected chi connectivity index (χ0v) is 18.6. The number of aromatic nitrogens is 2. The number of carbonyl (C=O) groups excluding carboxylic acids is 1. The van der Waals surface area contributed by atoms with E-state index in [0.717, 1.165) is 23.1 Å². The smallest absolute Gasteiger partial charge is 0.317 e. The number of fused-ring (bicyclic) bond motifs is 2. The quantitative estimate of drug-likeness (QED) is 0.499. The summed E-state index contributed by atoms with van der Waals surface area (Å²) in [6, 6.07) is 21.4. The van der Waals surface area contributed by atoms with E-state index < -0.39 is 0 Å². The van der Waals surface area contributed by atoms with Gasteiger partial charge in [-0.1, -0.05) is 30.3 Å². The first kappa shape index (κ1) is 20.0. The fraction of sp³-hybridized carbons (Fsp3) is 0.259. The molecule has 1 saturated heterocycles. The minimum absolute atomic E-state index is 0.0174. The van der Waals surface area contributed by atoms with E-state index in [-0.39, 0.29) is 17.3 Å². The Bertz CT molecular complexity index is 1360. The van der Waals surface area contributed by atoms with Gasteiger partial charge in [0.2, 0.25) is 0 Å². The molecule has 1 aromatic heterocycles. The highest BCUT2D eigenvalue weighted by Crippen LogP contribution is 2.69. The van der Waals surface area contributed by atoms with Gasteiger partial charge >= 0.3 is 6.03 Å². The Kier molecular flexibility index (Phi) is 4.34. The number of aryl methyl sites for hydroxylation is 1. The summed E-state index contributed by atoms with van der Waals surface area (Å²) in [5, 5.41) is 8.43. The average molecular weight is 441 g/mol. The Morgan fingerprint density at radius 2 is 1.88 bits per heavy atom. The van der Waals surface area contributed by atoms with E-state index in [0.29, 0.717) is 18.4 Å². The number of amides is 2. The number of piperidine rings is 1. The molecular weight excluding hydrogens is 415 g/mol. The van der Waals surface area contributed by atoms with Crippen molar-refractivity contribution in [3.05, 3.63) is 95.4 Å². The highest BCUT2D eigenvalue weighted by molar-refractivity contribution is 5.83. The first-order valence-electron chi connectivity index (χ1n) is 11.3. The molecule has 1 aliphatic carbocycles. The van der Waals surface area contributed by atoms with Crippen LogP contribution in [0.25, 0.3) is 16.6 Å². The minimum atomic E-state index is -0.263. The van der Waals surface area contributed by atoms with Crippen LogP contribution in [0, 0.1) is 18.7 Å². The molecule has 3 unspecified atom stereocenters. The largest absolute Gasteiger partial charge is 0.341 e. The van der Waals surface area contributed by atoms with Gasteiger partial charge in [-0.25, -0.2) is 13.9 Å². The molecule has 166 valence electrons. The molecule has 0 bridgehead atoms. The molecule has 6 heteroatoms. The second kappa shape index (κ2) is 7.17. The van der Waals surface area contributed by atoms with Crippen LogP contribution < -0.4 is 5.32 Å². The van der Waals surface area contributed by atoms with Crippen molar-refractivity contribution >= 4 is 16.9 Å². The first-order valence-corrected chi connectivity index (χ1v) is 11.3. The molecule has 1 aliphatic heterocycles. The molecule has 2 amide bonds. The molecule has 3 aromatic carbocycles. The molecule has 33 heavy (non-hydrogen) atoms. The lowest BCUT2D eigenvalue weighted by molar-refractivity contribution is 0.203. The number of halogens is 1. The summed E-state index contributed by atoms with van der Waals surface area (Å²) >= 11 is 0. The molecule has 2 aliphatic rings. The Hall–Kier alpha value is -3.67. The van der Waals surface area contributed by atoms with E-state index in [1.165, 1.54) is 28.8 Å². The van der Waals surface area contributed by atoms with Gasteiger partial charge in [0.25, 0.3) is 0 Å². The van der Waals surface area contributed by atoms with Gasteiger partial charge in [-0.15, -0.1) is 0 Å². The van der Waals surface area contributed by atoms with Crippen LogP contribution in [0.4, 0.5) is 9.18 Å². The Morgan fingerprint density at radius 1 is 1.12 bits per heavy atom. The fourth-order valence-corrected chi connectivity index (χ4v) is 6.04. The highest BCUT2D eigenvalue weighted by atomic mass is 19.1. The van der Waals surface area contributed by atoms with Crippen molar-refractivity contribution in [1.82, 2.24) is 20.0 Å². The maximum Gasteiger partial charge on any atom is 0.317 e. The molecule has 1 saturated carbocycles. The van der Waals surface area contributed by atoms with Gasteiger partial charge in [-0.05, 0) is 65.9 Å². The molecule has 1 N–H and O–H groups in total. The summed E-state index contributed by atoms with van der Waals surface area (Å²) in [5.41, 5.74) is 5.54. The molecule has 0 spiro atoms. The van der Waals surface area contributed by atoms with Gasteiger partial charge in [0.15, 0.2) is 0 Å². The number of likely N-dealkylation sites (tertiary alicyclic amines) is 1. The molecule has 2 fully saturated rings. The third kappa shape index (κ3) is 2.90. The van der Waals surface area contributed by atoms with Gasteiger partial charge in [0.1, 0.15) is 5.82 Å². The van der Waals surface area contributed by atoms with Crippen LogP contribution in [0.1, 0.15) is 22.6 Å². The van der Waals surface area contributed by atoms with Gasteiger partial charge in [-0.3, -0.25) is 0 Å². The van der Waals surface area contributed by atoms with E-state index >= 15 is 0 Å². The number of benzene rings is 3. The van der Waals surface area contributed by atoms with Gasteiger partial charge in [0.05, 0.1) is 17.4 Å². The normalized spacial score (nSPS) is 23.5. The molecule has 4 aromatic rings. The Labute approximate surface area is 191 Å². The standard InChI is InChI=1S/C27H25FN4O/c1-17-12-24-19(14-30-32(24)21-10-8-20(28)9-11-21)13-22(17)27-16-31(26(33)29-2)15-23(27)25(27)18-6-4-3-5-7-18/h3-14,23,25H,15-16H2,1-2H3,(H,29,33). The van der Waals surface area contributed by atoms with E-state index in [2.05, 4.69) is 53.7 Å². The lowest BCUT2D eigenvalue weighted by Crippen LogP contribution is -2.40. The monoisotopic (exact) mass is 440 g/mol. The number of nitrogens with one attached hydrogen (secondary N) is 1. The Morgan fingerprint density at radius 3 is 2.61 bits per heavy atom. The predicted octanol–water partition coefficient (Wildman–Crippen LogP) is 4.78. The van der Waals surface area contributed by atoms with Crippen LogP contribution in [-0.4, -0.2) is 40.8 Å². The van der Waals surface area contributed by atoms with Gasteiger partial charge in [-0.2, -0.15) is 5.10 Å². The number of hydrogen-bond acceptors (Lipinski definition) is 2. The van der Waals surface area contributed by atoms with Crippen molar-refractivity contribution in [3.63, 3.8) is 0 Å². The van der Waals surface area contributed by atoms with Crippen molar-refractivity contribution in [2.75, 3.05) is 20.1 Å². The van der Waals surface area contributed by atoms with Gasteiger partial charge < -0.3 is 10.2 Å². The second-order valence-electron chi connectivity index (χ2n) is 9.23. The number of hydrogen-bond donors (Lipinski definition) is 1. The minimum Gasteiger partial charge on any atom is -0.341 e. The summed E-state index contributed by atoms with van der Waals surface area (Å²) in [7, 11) is 1.69. The lowest BCUT2D eigenvalue weighted by atomic mass is 9.86. The maximum absolute atomic E-state index is 13.4. The van der Waals surface area contributed by atoms with Crippen LogP contribution in [0.3, 0.4) is 0 Å². The third-order valence-corrected chi connectivity index (χ3v) is 7.53. The van der Waals surface area contributed by atoms with Crippen LogP contribution in [0.2, 0.25) is 0 Å². The predicted molar refractivity (Wildman–Crippen MR) is 126 cm³/mol. The van der Waals surface area contributed by atoms with Crippen molar-refractivity contribution in [3.8, 4) is 5.69 Å². The number of nitrogens with zero attached hydrogens (tertiary/aromatic N) is 3. The third-order valence-electron chi connectivity index (χ3n) is 7.53. The molecule has 3 atom stereocenters. The summed E-state index contributed by atoms with van der Waals surface area (Å²) in [6.45, 7) is 3.60. The first-order chi connectivity index (χ1) is 16.0. The van der Waals surface area contributed by atoms with Crippen molar-refractivity contribution in [2.24, 2.45) is 5.92 Å². The van der Waals surface area contributed by atoms with Crippen molar-refractivity contribution in [2.45, 2.75) is 18.3 Å². The summed E-state index contributed by atoms with van der Waals surface area (Å²) in [5.74, 6) is 0.518. The second-order valence-corrected chi connectivity index (χ2v) is 9.23. The summed E-state index contributed by atoms with van der Waals surface area (Å²) in [4.78, 5) is 14.4. The average Bonchev–Trinajstić information content (AvgIpc) is 3.11. The molecule has 6 rings (SSSR count). The maximum atomic E-state index is 13.4. The van der Waals surface area contributed by atoms with Crippen molar-refractivity contribution < 1.29 is 9.18 Å². The molecule has 5 nitrogen and oxygen atoms in total. The Balaban J connectivity index is 1.45. The van der Waals surface area contributed by atoms with E-state index in [1.54, 1.807) is 19.2 Å². The van der Waals surface area contributed by atoms with E-state index in [1.807, 2.05) is 21.8 Å². The van der Waals surface area contributed by atoms with Crippen LogP contribution in [-0.2, 0) is 5.41 Å².